The zero-order valence-electron chi connectivity index (χ0n) is 10.8. The number of halogens is 1. The summed E-state index contributed by atoms with van der Waals surface area (Å²) < 4.78 is 0. The van der Waals surface area contributed by atoms with Gasteiger partial charge < -0.3 is 5.73 Å². The first kappa shape index (κ1) is 14.4. The second-order valence-electron chi connectivity index (χ2n) is 4.40. The third-order valence-corrected chi connectivity index (χ3v) is 4.19. The molecule has 2 N–H and O–H groups in total. The van der Waals surface area contributed by atoms with Crippen LogP contribution in [0.1, 0.15) is 18.9 Å². The molecule has 0 saturated heterocycles. The number of pyridine rings is 1. The molecule has 0 bridgehead atoms. The Bertz CT molecular complexity index is 528. The molecule has 0 saturated carbocycles. The largest absolute Gasteiger partial charge is 0.327 e. The minimum absolute atomic E-state index is 0.208. The standard InChI is InChI=1S/C15H17ClN2S/c1-2-13(17)9-11-5-3-4-6-14(11)19-15-8-7-12(16)10-18-15/h3-8,10,13H,2,9,17H2,1H3. The molecule has 0 spiro atoms. The Hall–Kier alpha value is -1.03. The topological polar surface area (TPSA) is 38.9 Å². The summed E-state index contributed by atoms with van der Waals surface area (Å²) in [6.07, 6.45) is 3.55. The maximum Gasteiger partial charge on any atom is 0.101 e. The predicted molar refractivity (Wildman–Crippen MR) is 81.8 cm³/mol. The monoisotopic (exact) mass is 292 g/mol. The highest BCUT2D eigenvalue weighted by atomic mass is 35.5. The molecule has 0 aliphatic heterocycles. The Morgan fingerprint density at radius 3 is 2.74 bits per heavy atom. The molecule has 19 heavy (non-hydrogen) atoms. The van der Waals surface area contributed by atoms with Crippen molar-refractivity contribution in [3.8, 4) is 0 Å². The van der Waals surface area contributed by atoms with E-state index in [0.29, 0.717) is 5.02 Å². The van der Waals surface area contributed by atoms with Gasteiger partial charge in [0.2, 0.25) is 0 Å². The maximum absolute atomic E-state index is 6.04. The number of aromatic nitrogens is 1. The van der Waals surface area contributed by atoms with Crippen molar-refractivity contribution in [3.05, 3.63) is 53.2 Å². The van der Waals surface area contributed by atoms with E-state index in [1.54, 1.807) is 18.0 Å². The average molecular weight is 293 g/mol. The lowest BCUT2D eigenvalue weighted by molar-refractivity contribution is 0.641. The highest BCUT2D eigenvalue weighted by molar-refractivity contribution is 7.99. The lowest BCUT2D eigenvalue weighted by atomic mass is 10.1. The van der Waals surface area contributed by atoms with Crippen LogP contribution in [0.3, 0.4) is 0 Å². The number of hydrogen-bond donors (Lipinski definition) is 1. The number of benzene rings is 1. The molecule has 0 aliphatic rings. The Morgan fingerprint density at radius 1 is 1.26 bits per heavy atom. The summed E-state index contributed by atoms with van der Waals surface area (Å²) in [7, 11) is 0. The molecule has 1 atom stereocenters. The van der Waals surface area contributed by atoms with Crippen LogP contribution in [0.2, 0.25) is 5.02 Å². The van der Waals surface area contributed by atoms with Gasteiger partial charge in [-0.2, -0.15) is 0 Å². The van der Waals surface area contributed by atoms with Gasteiger partial charge in [0.05, 0.1) is 5.02 Å². The molecule has 1 aromatic carbocycles. The number of rotatable bonds is 5. The lowest BCUT2D eigenvalue weighted by Gasteiger charge is -2.12. The number of nitrogens with zero attached hydrogens (tertiary/aromatic N) is 1. The van der Waals surface area contributed by atoms with Gasteiger partial charge in [-0.3, -0.25) is 0 Å². The van der Waals surface area contributed by atoms with E-state index >= 15 is 0 Å². The van der Waals surface area contributed by atoms with Gasteiger partial charge in [-0.1, -0.05) is 48.5 Å². The number of nitrogens with two attached hydrogens (primary N) is 1. The van der Waals surface area contributed by atoms with Gasteiger partial charge in [-0.25, -0.2) is 4.98 Å². The van der Waals surface area contributed by atoms with Gasteiger partial charge >= 0.3 is 0 Å². The molecule has 100 valence electrons. The zero-order chi connectivity index (χ0) is 13.7. The van der Waals surface area contributed by atoms with Crippen molar-refractivity contribution in [2.75, 3.05) is 0 Å². The molecule has 0 amide bonds. The van der Waals surface area contributed by atoms with E-state index in [0.717, 1.165) is 17.9 Å². The summed E-state index contributed by atoms with van der Waals surface area (Å²) in [4.78, 5) is 5.52. The van der Waals surface area contributed by atoms with Crippen molar-refractivity contribution in [3.63, 3.8) is 0 Å². The Morgan fingerprint density at radius 2 is 2.05 bits per heavy atom. The first-order chi connectivity index (χ1) is 9.19. The first-order valence-electron chi connectivity index (χ1n) is 6.32. The summed E-state index contributed by atoms with van der Waals surface area (Å²) in [6.45, 7) is 2.11. The van der Waals surface area contributed by atoms with Crippen LogP contribution in [-0.4, -0.2) is 11.0 Å². The van der Waals surface area contributed by atoms with E-state index in [9.17, 15) is 0 Å². The fourth-order valence-electron chi connectivity index (χ4n) is 1.73. The Balaban J connectivity index is 2.17. The summed E-state index contributed by atoms with van der Waals surface area (Å²) in [5.41, 5.74) is 7.32. The minimum Gasteiger partial charge on any atom is -0.327 e. The highest BCUT2D eigenvalue weighted by Gasteiger charge is 2.08. The van der Waals surface area contributed by atoms with Crippen molar-refractivity contribution in [2.24, 2.45) is 5.73 Å². The maximum atomic E-state index is 6.04. The normalized spacial score (nSPS) is 12.4. The van der Waals surface area contributed by atoms with Gasteiger partial charge in [0.25, 0.3) is 0 Å². The molecular formula is C15H17ClN2S. The minimum atomic E-state index is 0.208. The van der Waals surface area contributed by atoms with Crippen molar-refractivity contribution < 1.29 is 0 Å². The van der Waals surface area contributed by atoms with Crippen LogP contribution in [0.5, 0.6) is 0 Å². The van der Waals surface area contributed by atoms with Gasteiger partial charge in [-0.05, 0) is 36.6 Å². The molecule has 1 aromatic heterocycles. The smallest absolute Gasteiger partial charge is 0.101 e. The molecular weight excluding hydrogens is 276 g/mol. The van der Waals surface area contributed by atoms with Crippen molar-refractivity contribution >= 4 is 23.4 Å². The van der Waals surface area contributed by atoms with Crippen LogP contribution in [0.15, 0.2) is 52.5 Å². The van der Waals surface area contributed by atoms with Crippen molar-refractivity contribution in [1.29, 1.82) is 0 Å². The van der Waals surface area contributed by atoms with Crippen molar-refractivity contribution in [2.45, 2.75) is 35.7 Å². The Labute approximate surface area is 123 Å². The second kappa shape index (κ2) is 6.94. The summed E-state index contributed by atoms with van der Waals surface area (Å²) in [5.74, 6) is 0. The van der Waals surface area contributed by atoms with Crippen LogP contribution in [-0.2, 0) is 6.42 Å². The van der Waals surface area contributed by atoms with E-state index in [1.165, 1.54) is 10.5 Å². The van der Waals surface area contributed by atoms with Gasteiger partial charge in [0.15, 0.2) is 0 Å². The van der Waals surface area contributed by atoms with Gasteiger partial charge in [0, 0.05) is 17.1 Å². The molecule has 2 aromatic rings. The van der Waals surface area contributed by atoms with Gasteiger partial charge in [-0.15, -0.1) is 0 Å². The van der Waals surface area contributed by atoms with E-state index in [2.05, 4.69) is 30.1 Å². The first-order valence-corrected chi connectivity index (χ1v) is 7.51. The van der Waals surface area contributed by atoms with Crippen LogP contribution in [0, 0.1) is 0 Å². The van der Waals surface area contributed by atoms with Crippen LogP contribution < -0.4 is 5.73 Å². The third kappa shape index (κ3) is 4.23. The molecule has 2 rings (SSSR count). The van der Waals surface area contributed by atoms with Crippen LogP contribution >= 0.6 is 23.4 Å². The second-order valence-corrected chi connectivity index (χ2v) is 5.90. The highest BCUT2D eigenvalue weighted by Crippen LogP contribution is 2.30. The van der Waals surface area contributed by atoms with Crippen molar-refractivity contribution in [1.82, 2.24) is 4.98 Å². The van der Waals surface area contributed by atoms with E-state index in [-0.39, 0.29) is 6.04 Å². The molecule has 1 heterocycles. The molecule has 0 radical (unpaired) electrons. The predicted octanol–water partition coefficient (Wildman–Crippen LogP) is 4.17. The fourth-order valence-corrected chi connectivity index (χ4v) is 2.74. The molecule has 0 fully saturated rings. The summed E-state index contributed by atoms with van der Waals surface area (Å²) >= 11 is 7.50. The van der Waals surface area contributed by atoms with E-state index in [4.69, 9.17) is 17.3 Å². The average Bonchev–Trinajstić information content (AvgIpc) is 2.43. The lowest BCUT2D eigenvalue weighted by Crippen LogP contribution is -2.21. The third-order valence-electron chi connectivity index (χ3n) is 2.89. The fraction of sp³-hybridized carbons (Fsp3) is 0.267. The zero-order valence-corrected chi connectivity index (χ0v) is 12.4. The van der Waals surface area contributed by atoms with Gasteiger partial charge in [0.1, 0.15) is 5.03 Å². The Kier molecular flexibility index (Phi) is 5.25. The molecule has 0 aliphatic carbocycles. The molecule has 2 nitrogen and oxygen atoms in total. The van der Waals surface area contributed by atoms with Crippen LogP contribution in [0.25, 0.3) is 0 Å². The summed E-state index contributed by atoms with van der Waals surface area (Å²) in [6, 6.07) is 12.3. The number of hydrogen-bond acceptors (Lipinski definition) is 3. The van der Waals surface area contributed by atoms with E-state index < -0.39 is 0 Å². The molecule has 4 heteroatoms. The quantitative estimate of drug-likeness (QED) is 0.899. The van der Waals surface area contributed by atoms with Crippen LogP contribution in [0.4, 0.5) is 0 Å². The molecule has 1 unspecified atom stereocenters. The van der Waals surface area contributed by atoms with E-state index in [1.807, 2.05) is 18.2 Å². The SMILES string of the molecule is CCC(N)Cc1ccccc1Sc1ccc(Cl)cn1. The summed E-state index contributed by atoms with van der Waals surface area (Å²) in [5, 5.41) is 1.60.